The Kier molecular flexibility index (Phi) is 2.37. The Labute approximate surface area is 100 Å². The molecule has 0 aliphatic carbocycles. The Hall–Kier alpha value is -1.80. The van der Waals surface area contributed by atoms with Gasteiger partial charge in [-0.25, -0.2) is 0 Å². The molecule has 17 heavy (non-hydrogen) atoms. The van der Waals surface area contributed by atoms with E-state index in [0.717, 1.165) is 11.2 Å². The number of para-hydroxylation sites is 2. The minimum Gasteiger partial charge on any atom is -0.456 e. The summed E-state index contributed by atoms with van der Waals surface area (Å²) in [7, 11) is 1.96. The van der Waals surface area contributed by atoms with Gasteiger partial charge in [-0.2, -0.15) is 0 Å². The third-order valence-corrected chi connectivity index (χ3v) is 3.33. The van der Waals surface area contributed by atoms with Gasteiger partial charge < -0.3 is 9.73 Å². The van der Waals surface area contributed by atoms with Gasteiger partial charge in [-0.05, 0) is 20.0 Å². The van der Waals surface area contributed by atoms with Crippen LogP contribution in [0, 0.1) is 0 Å². The second-order valence-corrected chi connectivity index (χ2v) is 4.33. The molecule has 0 spiro atoms. The summed E-state index contributed by atoms with van der Waals surface area (Å²) in [5.41, 5.74) is 3.16. The molecule has 1 aromatic heterocycles. The Morgan fingerprint density at radius 2 is 1.76 bits per heavy atom. The highest BCUT2D eigenvalue weighted by Crippen LogP contribution is 2.32. The molecule has 1 unspecified atom stereocenters. The number of benzene rings is 2. The number of nitrogens with one attached hydrogen (secondary N) is 1. The van der Waals surface area contributed by atoms with Crippen LogP contribution in [0.2, 0.25) is 0 Å². The fraction of sp³-hybridized carbons (Fsp3) is 0.200. The van der Waals surface area contributed by atoms with Crippen LogP contribution in [0.4, 0.5) is 0 Å². The van der Waals surface area contributed by atoms with E-state index in [0.29, 0.717) is 6.04 Å². The summed E-state index contributed by atoms with van der Waals surface area (Å²) in [6, 6.07) is 14.8. The van der Waals surface area contributed by atoms with E-state index >= 15 is 0 Å². The van der Waals surface area contributed by atoms with E-state index < -0.39 is 0 Å². The third kappa shape index (κ3) is 1.53. The molecule has 0 amide bonds. The van der Waals surface area contributed by atoms with Crippen LogP contribution in [0.1, 0.15) is 18.5 Å². The average Bonchev–Trinajstić information content (AvgIpc) is 2.76. The maximum atomic E-state index is 5.97. The number of hydrogen-bond donors (Lipinski definition) is 1. The predicted octanol–water partition coefficient (Wildman–Crippen LogP) is 3.87. The van der Waals surface area contributed by atoms with Crippen LogP contribution >= 0.6 is 0 Å². The van der Waals surface area contributed by atoms with E-state index in [1.807, 2.05) is 25.2 Å². The first-order valence-corrected chi connectivity index (χ1v) is 5.88. The third-order valence-electron chi connectivity index (χ3n) is 3.33. The summed E-state index contributed by atoms with van der Waals surface area (Å²) in [4.78, 5) is 0. The smallest absolute Gasteiger partial charge is 0.140 e. The molecule has 2 aromatic carbocycles. The molecule has 1 heterocycles. The SMILES string of the molecule is CNC(C)c1cccc2c1oc1ccccc12. The zero-order valence-electron chi connectivity index (χ0n) is 10.0. The lowest BCUT2D eigenvalue weighted by atomic mass is 10.0. The normalized spacial score (nSPS) is 13.3. The quantitative estimate of drug-likeness (QED) is 0.716. The molecular weight excluding hydrogens is 210 g/mol. The summed E-state index contributed by atoms with van der Waals surface area (Å²) in [5.74, 6) is 0. The number of rotatable bonds is 2. The summed E-state index contributed by atoms with van der Waals surface area (Å²) in [5, 5.41) is 5.64. The number of fused-ring (bicyclic) bond motifs is 3. The monoisotopic (exact) mass is 225 g/mol. The molecule has 0 aliphatic heterocycles. The van der Waals surface area contributed by atoms with Crippen LogP contribution in [-0.4, -0.2) is 7.05 Å². The van der Waals surface area contributed by atoms with E-state index in [4.69, 9.17) is 4.42 Å². The predicted molar refractivity (Wildman–Crippen MR) is 71.2 cm³/mol. The fourth-order valence-corrected chi connectivity index (χ4v) is 2.27. The van der Waals surface area contributed by atoms with E-state index in [1.54, 1.807) is 0 Å². The zero-order valence-corrected chi connectivity index (χ0v) is 10.0. The van der Waals surface area contributed by atoms with Gasteiger partial charge in [0.2, 0.25) is 0 Å². The highest BCUT2D eigenvalue weighted by Gasteiger charge is 2.13. The molecule has 3 aromatic rings. The van der Waals surface area contributed by atoms with Crippen LogP contribution in [0.15, 0.2) is 46.9 Å². The standard InChI is InChI=1S/C15H15NO/c1-10(16-2)11-7-5-8-13-12-6-3-4-9-14(12)17-15(11)13/h3-10,16H,1-2H3. The Balaban J connectivity index is 2.39. The molecule has 1 atom stereocenters. The molecule has 0 saturated carbocycles. The number of hydrogen-bond acceptors (Lipinski definition) is 2. The molecule has 0 aliphatic rings. The van der Waals surface area contributed by atoms with Crippen molar-refractivity contribution < 1.29 is 4.42 Å². The van der Waals surface area contributed by atoms with Gasteiger partial charge in [0.1, 0.15) is 11.2 Å². The lowest BCUT2D eigenvalue weighted by Gasteiger charge is -2.10. The molecule has 0 radical (unpaired) electrons. The van der Waals surface area contributed by atoms with Crippen molar-refractivity contribution in [1.29, 1.82) is 0 Å². The Morgan fingerprint density at radius 1 is 1.00 bits per heavy atom. The Morgan fingerprint density at radius 3 is 2.59 bits per heavy atom. The summed E-state index contributed by atoms with van der Waals surface area (Å²) >= 11 is 0. The number of furan rings is 1. The van der Waals surface area contributed by atoms with Gasteiger partial charge in [0.05, 0.1) is 0 Å². The summed E-state index contributed by atoms with van der Waals surface area (Å²) < 4.78 is 5.97. The zero-order chi connectivity index (χ0) is 11.8. The second-order valence-electron chi connectivity index (χ2n) is 4.33. The highest BCUT2D eigenvalue weighted by atomic mass is 16.3. The van der Waals surface area contributed by atoms with E-state index in [1.165, 1.54) is 16.3 Å². The molecule has 0 fully saturated rings. The molecule has 2 heteroatoms. The fourth-order valence-electron chi connectivity index (χ4n) is 2.27. The van der Waals surface area contributed by atoms with Crippen LogP contribution in [0.5, 0.6) is 0 Å². The molecule has 3 rings (SSSR count). The van der Waals surface area contributed by atoms with Crippen molar-refractivity contribution in [1.82, 2.24) is 5.32 Å². The van der Waals surface area contributed by atoms with E-state index in [-0.39, 0.29) is 0 Å². The maximum absolute atomic E-state index is 5.97. The minimum absolute atomic E-state index is 0.291. The van der Waals surface area contributed by atoms with Crippen LogP contribution in [0.25, 0.3) is 21.9 Å². The maximum Gasteiger partial charge on any atom is 0.140 e. The summed E-state index contributed by atoms with van der Waals surface area (Å²) in [6.07, 6.45) is 0. The topological polar surface area (TPSA) is 25.2 Å². The van der Waals surface area contributed by atoms with Crippen molar-refractivity contribution in [2.24, 2.45) is 0 Å². The first-order chi connectivity index (χ1) is 8.31. The van der Waals surface area contributed by atoms with Crippen molar-refractivity contribution in [2.45, 2.75) is 13.0 Å². The first kappa shape index (κ1) is 10.4. The van der Waals surface area contributed by atoms with Gasteiger partial charge in [0.15, 0.2) is 0 Å². The van der Waals surface area contributed by atoms with Gasteiger partial charge in [-0.1, -0.05) is 36.4 Å². The first-order valence-electron chi connectivity index (χ1n) is 5.88. The van der Waals surface area contributed by atoms with Crippen molar-refractivity contribution in [3.63, 3.8) is 0 Å². The molecule has 86 valence electrons. The van der Waals surface area contributed by atoms with Crippen LogP contribution < -0.4 is 5.32 Å². The largest absolute Gasteiger partial charge is 0.456 e. The van der Waals surface area contributed by atoms with Gasteiger partial charge >= 0.3 is 0 Å². The molecule has 1 N–H and O–H groups in total. The van der Waals surface area contributed by atoms with E-state index in [2.05, 4.69) is 36.5 Å². The van der Waals surface area contributed by atoms with Crippen molar-refractivity contribution in [3.05, 3.63) is 48.0 Å². The molecule has 0 bridgehead atoms. The molecule has 0 saturated heterocycles. The summed E-state index contributed by atoms with van der Waals surface area (Å²) in [6.45, 7) is 2.14. The highest BCUT2D eigenvalue weighted by molar-refractivity contribution is 6.05. The molecule has 2 nitrogen and oxygen atoms in total. The van der Waals surface area contributed by atoms with Gasteiger partial charge in [0.25, 0.3) is 0 Å². The minimum atomic E-state index is 0.291. The van der Waals surface area contributed by atoms with Gasteiger partial charge in [0, 0.05) is 22.4 Å². The molecular formula is C15H15NO. The second kappa shape index (κ2) is 3.90. The van der Waals surface area contributed by atoms with Crippen molar-refractivity contribution >= 4 is 21.9 Å². The van der Waals surface area contributed by atoms with Gasteiger partial charge in [-0.3, -0.25) is 0 Å². The van der Waals surface area contributed by atoms with Crippen LogP contribution in [-0.2, 0) is 0 Å². The lowest BCUT2D eigenvalue weighted by molar-refractivity contribution is 0.619. The van der Waals surface area contributed by atoms with Crippen molar-refractivity contribution in [2.75, 3.05) is 7.05 Å². The average molecular weight is 225 g/mol. The van der Waals surface area contributed by atoms with Crippen molar-refractivity contribution in [3.8, 4) is 0 Å². The van der Waals surface area contributed by atoms with Crippen LogP contribution in [0.3, 0.4) is 0 Å². The lowest BCUT2D eigenvalue weighted by Crippen LogP contribution is -2.12. The Bertz CT molecular complexity index is 669. The van der Waals surface area contributed by atoms with E-state index in [9.17, 15) is 0 Å². The van der Waals surface area contributed by atoms with Gasteiger partial charge in [-0.15, -0.1) is 0 Å².